The first-order chi connectivity index (χ1) is 15.2. The number of nitrogens with one attached hydrogen (secondary N) is 1. The van der Waals surface area contributed by atoms with Gasteiger partial charge in [0.05, 0.1) is 6.67 Å². The first kappa shape index (κ1) is 21.8. The molecule has 0 radical (unpaired) electrons. The van der Waals surface area contributed by atoms with Crippen LogP contribution in [0.3, 0.4) is 0 Å². The minimum Gasteiger partial charge on any atom is -0.339 e. The maximum Gasteiger partial charge on any atom is 0.247 e. The van der Waals surface area contributed by atoms with Gasteiger partial charge in [0.15, 0.2) is 0 Å². The van der Waals surface area contributed by atoms with Gasteiger partial charge in [-0.15, -0.1) is 12.4 Å². The predicted octanol–water partition coefficient (Wildman–Crippen LogP) is 4.74. The van der Waals surface area contributed by atoms with Crippen molar-refractivity contribution in [1.82, 2.24) is 10.2 Å². The summed E-state index contributed by atoms with van der Waals surface area (Å²) < 4.78 is 0. The van der Waals surface area contributed by atoms with Crippen molar-refractivity contribution >= 4 is 24.0 Å². The van der Waals surface area contributed by atoms with Gasteiger partial charge >= 0.3 is 0 Å². The molecule has 170 valence electrons. The van der Waals surface area contributed by atoms with Gasteiger partial charge < -0.3 is 15.1 Å². The number of carbonyl (C=O) groups excluding carboxylic acids is 1. The zero-order valence-electron chi connectivity index (χ0n) is 18.7. The third kappa shape index (κ3) is 3.52. The normalized spacial score (nSPS) is 29.1. The molecule has 1 spiro atoms. The zero-order valence-corrected chi connectivity index (χ0v) is 19.5. The molecule has 1 amide bonds. The Bertz CT molecular complexity index is 956. The zero-order chi connectivity index (χ0) is 20.8. The summed E-state index contributed by atoms with van der Waals surface area (Å²) in [5, 5.41) is 3.14. The third-order valence-electron chi connectivity index (χ3n) is 8.75. The summed E-state index contributed by atoms with van der Waals surface area (Å²) in [6.45, 7) is 2.69. The Balaban J connectivity index is 0.00000216. The molecule has 32 heavy (non-hydrogen) atoms. The number of fused-ring (bicyclic) bond motifs is 3. The number of anilines is 1. The number of rotatable bonds is 2. The molecule has 1 unspecified atom stereocenters. The van der Waals surface area contributed by atoms with Gasteiger partial charge in [-0.3, -0.25) is 4.79 Å². The van der Waals surface area contributed by atoms with E-state index in [0.717, 1.165) is 43.5 Å². The summed E-state index contributed by atoms with van der Waals surface area (Å²) in [4.78, 5) is 18.0. The second-order valence-electron chi connectivity index (χ2n) is 10.1. The predicted molar refractivity (Wildman–Crippen MR) is 131 cm³/mol. The Labute approximate surface area is 197 Å². The van der Waals surface area contributed by atoms with Crippen LogP contribution in [0.2, 0.25) is 0 Å². The molecule has 2 aliphatic carbocycles. The fourth-order valence-corrected chi connectivity index (χ4v) is 7.03. The molecule has 2 aliphatic heterocycles. The van der Waals surface area contributed by atoms with E-state index in [1.807, 2.05) is 6.07 Å². The van der Waals surface area contributed by atoms with Crippen molar-refractivity contribution < 1.29 is 4.79 Å². The minimum absolute atomic E-state index is 0. The van der Waals surface area contributed by atoms with Gasteiger partial charge in [-0.05, 0) is 80.0 Å². The summed E-state index contributed by atoms with van der Waals surface area (Å²) in [5.41, 5.74) is 4.01. The van der Waals surface area contributed by atoms with Gasteiger partial charge in [-0.2, -0.15) is 0 Å². The van der Waals surface area contributed by atoms with E-state index in [1.54, 1.807) is 11.1 Å². The number of nitrogens with zero attached hydrogens (tertiary/aromatic N) is 2. The first-order valence-corrected chi connectivity index (χ1v) is 12.2. The van der Waals surface area contributed by atoms with Gasteiger partial charge in [0.2, 0.25) is 5.91 Å². The standard InChI is InChI=1S/C27H33N3O.ClH/c31-26-27(30(19-28-26)22-7-2-1-3-8-22)14-16-29(17-15-27)23-13-12-21-11-10-20-6-4-5-9-24(20)25(21)18-23;/h1-9,21,23,25H,10-19H2,(H,28,31);1H/t21-,23?,25+;/m0./s1. The van der Waals surface area contributed by atoms with Crippen LogP contribution in [0.1, 0.15) is 55.6 Å². The van der Waals surface area contributed by atoms with Crippen LogP contribution in [0, 0.1) is 5.92 Å². The average molecular weight is 452 g/mol. The molecule has 5 heteroatoms. The van der Waals surface area contributed by atoms with Crippen LogP contribution in [0.5, 0.6) is 0 Å². The van der Waals surface area contributed by atoms with Gasteiger partial charge in [0, 0.05) is 24.8 Å². The fraction of sp³-hybridized carbons (Fsp3) is 0.519. The second kappa shape index (κ2) is 8.72. The van der Waals surface area contributed by atoms with E-state index in [2.05, 4.69) is 63.6 Å². The molecular formula is C27H34ClN3O. The molecule has 4 aliphatic rings. The van der Waals surface area contributed by atoms with Crippen molar-refractivity contribution in [2.45, 2.75) is 62.4 Å². The van der Waals surface area contributed by atoms with Crippen LogP contribution >= 0.6 is 12.4 Å². The van der Waals surface area contributed by atoms with Crippen molar-refractivity contribution in [2.24, 2.45) is 5.92 Å². The number of carbonyl (C=O) groups is 1. The number of para-hydroxylation sites is 1. The van der Waals surface area contributed by atoms with Crippen molar-refractivity contribution in [2.75, 3.05) is 24.7 Å². The lowest BCUT2D eigenvalue weighted by Crippen LogP contribution is -2.58. The molecule has 1 N–H and O–H groups in total. The summed E-state index contributed by atoms with van der Waals surface area (Å²) in [6, 6.07) is 20.3. The molecule has 4 nitrogen and oxygen atoms in total. The van der Waals surface area contributed by atoms with E-state index in [0.29, 0.717) is 12.7 Å². The third-order valence-corrected chi connectivity index (χ3v) is 8.75. The number of amides is 1. The summed E-state index contributed by atoms with van der Waals surface area (Å²) in [7, 11) is 0. The maximum absolute atomic E-state index is 13.0. The van der Waals surface area contributed by atoms with Crippen LogP contribution in [0.15, 0.2) is 54.6 Å². The Morgan fingerprint density at radius 3 is 2.47 bits per heavy atom. The molecular weight excluding hydrogens is 418 g/mol. The molecule has 2 heterocycles. The van der Waals surface area contributed by atoms with Crippen LogP contribution < -0.4 is 10.2 Å². The van der Waals surface area contributed by atoms with Gasteiger partial charge in [-0.1, -0.05) is 42.5 Å². The summed E-state index contributed by atoms with van der Waals surface area (Å²) in [6.07, 6.45) is 8.46. The van der Waals surface area contributed by atoms with Crippen molar-refractivity contribution in [1.29, 1.82) is 0 Å². The second-order valence-corrected chi connectivity index (χ2v) is 10.1. The molecule has 2 aromatic rings. The number of halogens is 1. The lowest BCUT2D eigenvalue weighted by Gasteiger charge is -2.49. The van der Waals surface area contributed by atoms with Crippen LogP contribution in [0.25, 0.3) is 0 Å². The number of piperidine rings is 1. The molecule has 0 bridgehead atoms. The quantitative estimate of drug-likeness (QED) is 0.716. The van der Waals surface area contributed by atoms with E-state index in [1.165, 1.54) is 32.1 Å². The maximum atomic E-state index is 13.0. The molecule has 2 aromatic carbocycles. The van der Waals surface area contributed by atoms with E-state index in [9.17, 15) is 4.79 Å². The SMILES string of the molecule is Cl.O=C1NCN(c2ccccc2)C12CCN(C1CC[C@@H]3CCc4ccccc4[C@@H]3C1)CC2. The molecule has 1 saturated carbocycles. The monoisotopic (exact) mass is 451 g/mol. The minimum atomic E-state index is -0.369. The highest BCUT2D eigenvalue weighted by Gasteiger charge is 2.51. The topological polar surface area (TPSA) is 35.6 Å². The van der Waals surface area contributed by atoms with E-state index < -0.39 is 0 Å². The summed E-state index contributed by atoms with van der Waals surface area (Å²) in [5.74, 6) is 1.83. The van der Waals surface area contributed by atoms with Crippen molar-refractivity contribution in [3.05, 3.63) is 65.7 Å². The van der Waals surface area contributed by atoms with Gasteiger partial charge in [0.25, 0.3) is 0 Å². The van der Waals surface area contributed by atoms with Crippen molar-refractivity contribution in [3.63, 3.8) is 0 Å². The van der Waals surface area contributed by atoms with Crippen molar-refractivity contribution in [3.8, 4) is 0 Å². The summed E-state index contributed by atoms with van der Waals surface area (Å²) >= 11 is 0. The molecule has 2 saturated heterocycles. The Kier molecular flexibility index (Phi) is 5.94. The lowest BCUT2D eigenvalue weighted by molar-refractivity contribution is -0.125. The number of likely N-dealkylation sites (tertiary alicyclic amines) is 1. The molecule has 6 rings (SSSR count). The number of aryl methyl sites for hydroxylation is 1. The van der Waals surface area contributed by atoms with Gasteiger partial charge in [-0.25, -0.2) is 0 Å². The van der Waals surface area contributed by atoms with Crippen LogP contribution in [0.4, 0.5) is 5.69 Å². The molecule has 0 aromatic heterocycles. The Morgan fingerprint density at radius 1 is 0.906 bits per heavy atom. The van der Waals surface area contributed by atoms with E-state index >= 15 is 0 Å². The molecule has 3 fully saturated rings. The van der Waals surface area contributed by atoms with E-state index in [-0.39, 0.29) is 23.9 Å². The average Bonchev–Trinajstić information content (AvgIpc) is 3.15. The number of hydrogen-bond donors (Lipinski definition) is 1. The Hall–Kier alpha value is -2.04. The highest BCUT2D eigenvalue weighted by molar-refractivity contribution is 5.93. The Morgan fingerprint density at radius 2 is 1.66 bits per heavy atom. The smallest absolute Gasteiger partial charge is 0.247 e. The van der Waals surface area contributed by atoms with E-state index in [4.69, 9.17) is 0 Å². The largest absolute Gasteiger partial charge is 0.339 e. The number of hydrogen-bond acceptors (Lipinski definition) is 3. The first-order valence-electron chi connectivity index (χ1n) is 12.2. The van der Waals surface area contributed by atoms with Gasteiger partial charge in [0.1, 0.15) is 5.54 Å². The lowest BCUT2D eigenvalue weighted by atomic mass is 9.66. The molecule has 3 atom stereocenters. The van der Waals surface area contributed by atoms with Crippen LogP contribution in [-0.4, -0.2) is 42.1 Å². The number of benzene rings is 2. The highest BCUT2D eigenvalue weighted by Crippen LogP contribution is 2.47. The highest BCUT2D eigenvalue weighted by atomic mass is 35.5. The van der Waals surface area contributed by atoms with Crippen LogP contribution in [-0.2, 0) is 11.2 Å². The fourth-order valence-electron chi connectivity index (χ4n) is 7.03.